The summed E-state index contributed by atoms with van der Waals surface area (Å²) in [4.78, 5) is 24.9. The first kappa shape index (κ1) is 22.2. The maximum atomic E-state index is 12.8. The van der Waals surface area contributed by atoms with Gasteiger partial charge in [-0.1, -0.05) is 42.5 Å². The van der Waals surface area contributed by atoms with Crippen molar-refractivity contribution in [1.29, 1.82) is 0 Å². The molecule has 0 aliphatic carbocycles. The van der Waals surface area contributed by atoms with Crippen molar-refractivity contribution in [2.75, 3.05) is 11.9 Å². The van der Waals surface area contributed by atoms with Gasteiger partial charge in [0.2, 0.25) is 5.95 Å². The van der Waals surface area contributed by atoms with Crippen molar-refractivity contribution < 1.29 is 9.90 Å². The molecule has 0 saturated heterocycles. The van der Waals surface area contributed by atoms with Crippen LogP contribution in [0.3, 0.4) is 0 Å². The van der Waals surface area contributed by atoms with E-state index in [1.54, 1.807) is 18.5 Å². The van der Waals surface area contributed by atoms with Crippen molar-refractivity contribution in [3.63, 3.8) is 0 Å². The van der Waals surface area contributed by atoms with Gasteiger partial charge in [0.05, 0.1) is 18.3 Å². The van der Waals surface area contributed by atoms with Crippen molar-refractivity contribution in [3.05, 3.63) is 94.9 Å². The predicted molar refractivity (Wildman–Crippen MR) is 129 cm³/mol. The fourth-order valence-corrected chi connectivity index (χ4v) is 3.62. The highest BCUT2D eigenvalue weighted by atomic mass is 16.3. The number of aromatic amines is 1. The van der Waals surface area contributed by atoms with E-state index in [4.69, 9.17) is 4.98 Å². The van der Waals surface area contributed by atoms with E-state index in [9.17, 15) is 9.90 Å². The molecule has 1 atom stereocenters. The highest BCUT2D eigenvalue weighted by Crippen LogP contribution is 2.26. The minimum atomic E-state index is -0.486. The second-order valence-corrected chi connectivity index (χ2v) is 8.02. The van der Waals surface area contributed by atoms with Crippen LogP contribution in [0.1, 0.15) is 38.8 Å². The van der Waals surface area contributed by atoms with Crippen molar-refractivity contribution >= 4 is 17.5 Å². The number of hydrogen-bond acceptors (Lipinski definition) is 5. The second kappa shape index (κ2) is 9.67. The predicted octanol–water partition coefficient (Wildman–Crippen LogP) is 4.60. The summed E-state index contributed by atoms with van der Waals surface area (Å²) in [6.07, 6.45) is 3.52. The van der Waals surface area contributed by atoms with Crippen molar-refractivity contribution in [3.8, 4) is 11.3 Å². The van der Waals surface area contributed by atoms with Gasteiger partial charge in [0, 0.05) is 23.6 Å². The van der Waals surface area contributed by atoms with Crippen molar-refractivity contribution in [1.82, 2.24) is 20.3 Å². The number of benzene rings is 2. The molecule has 0 aliphatic rings. The zero-order chi connectivity index (χ0) is 23.4. The van der Waals surface area contributed by atoms with Crippen molar-refractivity contribution in [2.45, 2.75) is 26.8 Å². The third-order valence-corrected chi connectivity index (χ3v) is 5.71. The van der Waals surface area contributed by atoms with E-state index in [1.807, 2.05) is 49.4 Å². The quantitative estimate of drug-likeness (QED) is 0.336. The Hall–Kier alpha value is -3.97. The Morgan fingerprint density at radius 3 is 2.61 bits per heavy atom. The summed E-state index contributed by atoms with van der Waals surface area (Å²) < 4.78 is 0. The van der Waals surface area contributed by atoms with E-state index in [0.29, 0.717) is 11.6 Å². The van der Waals surface area contributed by atoms with E-state index in [1.165, 1.54) is 5.56 Å². The number of aryl methyl sites for hydroxylation is 2. The molecule has 0 spiro atoms. The summed E-state index contributed by atoms with van der Waals surface area (Å²) in [5, 5.41) is 15.9. The number of rotatable bonds is 7. The van der Waals surface area contributed by atoms with E-state index >= 15 is 0 Å². The van der Waals surface area contributed by atoms with E-state index in [0.717, 1.165) is 33.6 Å². The Balaban J connectivity index is 1.54. The third-order valence-electron chi connectivity index (χ3n) is 5.71. The summed E-state index contributed by atoms with van der Waals surface area (Å²) >= 11 is 0. The average molecular weight is 442 g/mol. The molecule has 7 heteroatoms. The van der Waals surface area contributed by atoms with Crippen LogP contribution in [0.5, 0.6) is 0 Å². The van der Waals surface area contributed by atoms with Gasteiger partial charge in [-0.2, -0.15) is 0 Å². The fraction of sp³-hybridized carbons (Fsp3) is 0.192. The molecule has 4 aromatic rings. The molecule has 7 nitrogen and oxygen atoms in total. The lowest BCUT2D eigenvalue weighted by Gasteiger charge is -2.16. The van der Waals surface area contributed by atoms with Crippen LogP contribution < -0.4 is 10.6 Å². The van der Waals surface area contributed by atoms with Crippen molar-refractivity contribution in [2.24, 2.45) is 0 Å². The maximum Gasteiger partial charge on any atom is 0.268 e. The van der Waals surface area contributed by atoms with Gasteiger partial charge in [-0.3, -0.25) is 4.79 Å². The number of aliphatic hydroxyl groups is 1. The summed E-state index contributed by atoms with van der Waals surface area (Å²) in [5.41, 5.74) is 6.92. The van der Waals surface area contributed by atoms with Crippen LogP contribution in [-0.2, 0) is 0 Å². The van der Waals surface area contributed by atoms with Crippen LogP contribution >= 0.6 is 0 Å². The molecule has 1 unspecified atom stereocenters. The molecule has 4 N–H and O–H groups in total. The Labute approximate surface area is 192 Å². The molecule has 168 valence electrons. The first-order chi connectivity index (χ1) is 16.0. The van der Waals surface area contributed by atoms with Gasteiger partial charge in [-0.05, 0) is 55.2 Å². The SMILES string of the molecule is Cc1cnc(Nc2cccc(C)c2C)nc1-c1c[nH]c(C(=O)NC(CO)c2ccccc2)c1. The maximum absolute atomic E-state index is 12.8. The van der Waals surface area contributed by atoms with Gasteiger partial charge < -0.3 is 20.7 Å². The number of amides is 1. The standard InChI is InChI=1S/C26H27N5O2/c1-16-8-7-11-21(18(16)3)30-26-28-13-17(2)24(31-26)20-12-22(27-14-20)25(33)29-23(15-32)19-9-5-4-6-10-19/h4-14,23,27,32H,15H2,1-3H3,(H,29,33)(H,28,30,31). The molecule has 1 amide bonds. The Morgan fingerprint density at radius 1 is 1.06 bits per heavy atom. The zero-order valence-electron chi connectivity index (χ0n) is 18.9. The van der Waals surface area contributed by atoms with Crippen LogP contribution in [0, 0.1) is 20.8 Å². The topological polar surface area (TPSA) is 103 Å². The van der Waals surface area contributed by atoms with Crippen LogP contribution in [0.15, 0.2) is 67.0 Å². The number of aromatic nitrogens is 3. The lowest BCUT2D eigenvalue weighted by Crippen LogP contribution is -2.30. The molecular weight excluding hydrogens is 414 g/mol. The number of anilines is 2. The molecule has 0 radical (unpaired) electrons. The minimum Gasteiger partial charge on any atom is -0.394 e. The summed E-state index contributed by atoms with van der Waals surface area (Å²) in [6, 6.07) is 16.7. The summed E-state index contributed by atoms with van der Waals surface area (Å²) in [6.45, 7) is 5.86. The number of carbonyl (C=O) groups excluding carboxylic acids is 1. The van der Waals surface area contributed by atoms with Gasteiger partial charge >= 0.3 is 0 Å². The first-order valence-electron chi connectivity index (χ1n) is 10.8. The molecule has 4 rings (SSSR count). The largest absolute Gasteiger partial charge is 0.394 e. The molecule has 0 bridgehead atoms. The Kier molecular flexibility index (Phi) is 6.51. The molecule has 0 aliphatic heterocycles. The number of nitrogens with zero attached hydrogens (tertiary/aromatic N) is 2. The minimum absolute atomic E-state index is 0.193. The van der Waals surface area contributed by atoms with Gasteiger partial charge in [-0.25, -0.2) is 9.97 Å². The smallest absolute Gasteiger partial charge is 0.268 e. The van der Waals surface area contributed by atoms with Gasteiger partial charge in [0.1, 0.15) is 5.69 Å². The fourth-order valence-electron chi connectivity index (χ4n) is 3.62. The lowest BCUT2D eigenvalue weighted by atomic mass is 10.1. The number of aliphatic hydroxyl groups excluding tert-OH is 1. The van der Waals surface area contributed by atoms with E-state index in [-0.39, 0.29) is 12.5 Å². The second-order valence-electron chi connectivity index (χ2n) is 8.02. The van der Waals surface area contributed by atoms with E-state index in [2.05, 4.69) is 40.5 Å². The third kappa shape index (κ3) is 4.94. The van der Waals surface area contributed by atoms with E-state index < -0.39 is 6.04 Å². The van der Waals surface area contributed by atoms with Crippen LogP contribution in [0.4, 0.5) is 11.6 Å². The number of nitrogens with one attached hydrogen (secondary N) is 3. The molecule has 2 heterocycles. The molecule has 33 heavy (non-hydrogen) atoms. The number of H-pyrrole nitrogens is 1. The Morgan fingerprint density at radius 2 is 1.85 bits per heavy atom. The molecule has 2 aromatic heterocycles. The average Bonchev–Trinajstić information content (AvgIpc) is 3.32. The van der Waals surface area contributed by atoms with Crippen LogP contribution in [-0.4, -0.2) is 32.6 Å². The highest BCUT2D eigenvalue weighted by molar-refractivity contribution is 5.94. The molecule has 0 fully saturated rings. The zero-order valence-corrected chi connectivity index (χ0v) is 18.9. The first-order valence-corrected chi connectivity index (χ1v) is 10.8. The molecular formula is C26H27N5O2. The van der Waals surface area contributed by atoms with Crippen LogP contribution in [0.25, 0.3) is 11.3 Å². The summed E-state index contributed by atoms with van der Waals surface area (Å²) in [5.74, 6) is 0.186. The normalized spacial score (nSPS) is 11.8. The van der Waals surface area contributed by atoms with Gasteiger partial charge in [0.25, 0.3) is 5.91 Å². The molecule has 0 saturated carbocycles. The highest BCUT2D eigenvalue weighted by Gasteiger charge is 2.17. The lowest BCUT2D eigenvalue weighted by molar-refractivity contribution is 0.0912. The summed E-state index contributed by atoms with van der Waals surface area (Å²) in [7, 11) is 0. The Bertz CT molecular complexity index is 1270. The number of carbonyl (C=O) groups is 1. The van der Waals surface area contributed by atoms with Crippen LogP contribution in [0.2, 0.25) is 0 Å². The van der Waals surface area contributed by atoms with Gasteiger partial charge in [0.15, 0.2) is 0 Å². The number of hydrogen-bond donors (Lipinski definition) is 4. The molecule has 2 aromatic carbocycles. The van der Waals surface area contributed by atoms with Gasteiger partial charge in [-0.15, -0.1) is 0 Å². The monoisotopic (exact) mass is 441 g/mol.